The maximum atomic E-state index is 5.59. The van der Waals surface area contributed by atoms with E-state index in [0.717, 1.165) is 18.6 Å². The Hall–Kier alpha value is -1.06. The van der Waals surface area contributed by atoms with Crippen molar-refractivity contribution in [2.45, 2.75) is 32.5 Å². The molecule has 1 aromatic rings. The normalized spacial score (nSPS) is 18.3. The minimum atomic E-state index is -0.395. The number of benzene rings is 1. The molecule has 17 heavy (non-hydrogen) atoms. The maximum absolute atomic E-state index is 5.59. The van der Waals surface area contributed by atoms with Crippen LogP contribution in [-0.4, -0.2) is 26.1 Å². The van der Waals surface area contributed by atoms with E-state index in [-0.39, 0.29) is 0 Å². The first-order valence-corrected chi connectivity index (χ1v) is 6.04. The van der Waals surface area contributed by atoms with E-state index in [1.807, 2.05) is 13.0 Å². The standard InChI is InChI=1S/C14H20O3/c1-11-10-12(4-5-13(11)15-3)6-7-14(2)16-8-9-17-14/h4-5,10H,6-9H2,1-3H3. The van der Waals surface area contributed by atoms with Crippen molar-refractivity contribution in [3.05, 3.63) is 29.3 Å². The quantitative estimate of drug-likeness (QED) is 0.804. The summed E-state index contributed by atoms with van der Waals surface area (Å²) in [6, 6.07) is 6.28. The highest BCUT2D eigenvalue weighted by Crippen LogP contribution is 2.26. The molecular formula is C14H20O3. The molecule has 0 radical (unpaired) electrons. The summed E-state index contributed by atoms with van der Waals surface area (Å²) in [6.45, 7) is 5.49. The molecule has 1 fully saturated rings. The Morgan fingerprint density at radius 1 is 1.29 bits per heavy atom. The van der Waals surface area contributed by atoms with Crippen LogP contribution < -0.4 is 4.74 Å². The van der Waals surface area contributed by atoms with E-state index >= 15 is 0 Å². The number of aryl methyl sites for hydroxylation is 2. The Kier molecular flexibility index (Phi) is 3.69. The van der Waals surface area contributed by atoms with Crippen LogP contribution in [0, 0.1) is 6.92 Å². The molecule has 0 aromatic heterocycles. The van der Waals surface area contributed by atoms with Crippen LogP contribution >= 0.6 is 0 Å². The van der Waals surface area contributed by atoms with Crippen molar-refractivity contribution in [2.75, 3.05) is 20.3 Å². The van der Waals surface area contributed by atoms with Crippen LogP contribution in [0.1, 0.15) is 24.5 Å². The third-order valence-corrected chi connectivity index (χ3v) is 3.23. The van der Waals surface area contributed by atoms with Gasteiger partial charge in [0, 0.05) is 6.42 Å². The van der Waals surface area contributed by atoms with E-state index < -0.39 is 5.79 Å². The Morgan fingerprint density at radius 2 is 2.00 bits per heavy atom. The fraction of sp³-hybridized carbons (Fsp3) is 0.571. The molecule has 0 atom stereocenters. The predicted octanol–water partition coefficient (Wildman–Crippen LogP) is 2.70. The first-order valence-electron chi connectivity index (χ1n) is 6.04. The highest BCUT2D eigenvalue weighted by atomic mass is 16.7. The van der Waals surface area contributed by atoms with Gasteiger partial charge in [-0.15, -0.1) is 0 Å². The molecule has 2 rings (SSSR count). The van der Waals surface area contributed by atoms with Gasteiger partial charge in [0.15, 0.2) is 5.79 Å². The van der Waals surface area contributed by atoms with Crippen LogP contribution in [0.4, 0.5) is 0 Å². The lowest BCUT2D eigenvalue weighted by Crippen LogP contribution is -2.26. The van der Waals surface area contributed by atoms with Crippen LogP contribution in [0.15, 0.2) is 18.2 Å². The summed E-state index contributed by atoms with van der Waals surface area (Å²) in [5.74, 6) is 0.543. The van der Waals surface area contributed by atoms with Crippen LogP contribution in [-0.2, 0) is 15.9 Å². The van der Waals surface area contributed by atoms with Gasteiger partial charge in [0.25, 0.3) is 0 Å². The molecule has 1 aromatic carbocycles. The molecule has 0 amide bonds. The van der Waals surface area contributed by atoms with Gasteiger partial charge in [-0.3, -0.25) is 0 Å². The summed E-state index contributed by atoms with van der Waals surface area (Å²) in [6.07, 6.45) is 1.85. The Balaban J connectivity index is 1.97. The summed E-state index contributed by atoms with van der Waals surface area (Å²) in [5, 5.41) is 0. The summed E-state index contributed by atoms with van der Waals surface area (Å²) < 4.78 is 16.4. The largest absolute Gasteiger partial charge is 0.496 e. The molecule has 0 N–H and O–H groups in total. The van der Waals surface area contributed by atoms with Gasteiger partial charge < -0.3 is 14.2 Å². The van der Waals surface area contributed by atoms with Crippen molar-refractivity contribution in [3.8, 4) is 5.75 Å². The molecule has 0 unspecified atom stereocenters. The van der Waals surface area contributed by atoms with E-state index in [0.29, 0.717) is 13.2 Å². The van der Waals surface area contributed by atoms with Gasteiger partial charge in [0.2, 0.25) is 0 Å². The van der Waals surface area contributed by atoms with Crippen molar-refractivity contribution in [3.63, 3.8) is 0 Å². The van der Waals surface area contributed by atoms with Gasteiger partial charge >= 0.3 is 0 Å². The number of methoxy groups -OCH3 is 1. The number of hydrogen-bond acceptors (Lipinski definition) is 3. The van der Waals surface area contributed by atoms with Crippen LogP contribution in [0.25, 0.3) is 0 Å². The fourth-order valence-electron chi connectivity index (χ4n) is 2.17. The third-order valence-electron chi connectivity index (χ3n) is 3.23. The van der Waals surface area contributed by atoms with Gasteiger partial charge in [-0.2, -0.15) is 0 Å². The molecule has 1 aliphatic rings. The van der Waals surface area contributed by atoms with Crippen molar-refractivity contribution in [1.29, 1.82) is 0 Å². The monoisotopic (exact) mass is 236 g/mol. The van der Waals surface area contributed by atoms with Gasteiger partial charge in [0.1, 0.15) is 5.75 Å². The zero-order valence-corrected chi connectivity index (χ0v) is 10.8. The average Bonchev–Trinajstić information content (AvgIpc) is 2.74. The highest BCUT2D eigenvalue weighted by molar-refractivity contribution is 5.36. The molecule has 3 nitrogen and oxygen atoms in total. The molecular weight excluding hydrogens is 216 g/mol. The summed E-state index contributed by atoms with van der Waals surface area (Å²) >= 11 is 0. The molecule has 94 valence electrons. The van der Waals surface area contributed by atoms with Crippen LogP contribution in [0.3, 0.4) is 0 Å². The molecule has 0 spiro atoms. The average molecular weight is 236 g/mol. The minimum Gasteiger partial charge on any atom is -0.496 e. The van der Waals surface area contributed by atoms with Gasteiger partial charge in [-0.1, -0.05) is 12.1 Å². The van der Waals surface area contributed by atoms with E-state index in [9.17, 15) is 0 Å². The first kappa shape index (κ1) is 12.4. The molecule has 1 saturated heterocycles. The van der Waals surface area contributed by atoms with Crippen molar-refractivity contribution in [1.82, 2.24) is 0 Å². The first-order chi connectivity index (χ1) is 8.13. The summed E-state index contributed by atoms with van der Waals surface area (Å²) in [5.41, 5.74) is 2.46. The second-order valence-corrected chi connectivity index (χ2v) is 4.63. The van der Waals surface area contributed by atoms with E-state index in [1.54, 1.807) is 7.11 Å². The van der Waals surface area contributed by atoms with E-state index in [1.165, 1.54) is 11.1 Å². The second-order valence-electron chi connectivity index (χ2n) is 4.63. The molecule has 1 heterocycles. The van der Waals surface area contributed by atoms with Crippen molar-refractivity contribution in [2.24, 2.45) is 0 Å². The zero-order chi connectivity index (χ0) is 12.3. The zero-order valence-electron chi connectivity index (χ0n) is 10.8. The van der Waals surface area contributed by atoms with Crippen LogP contribution in [0.5, 0.6) is 5.75 Å². The summed E-state index contributed by atoms with van der Waals surface area (Å²) in [7, 11) is 1.70. The second kappa shape index (κ2) is 5.07. The van der Waals surface area contributed by atoms with Gasteiger partial charge in [0.05, 0.1) is 20.3 Å². The third kappa shape index (κ3) is 2.99. The fourth-order valence-corrected chi connectivity index (χ4v) is 2.17. The lowest BCUT2D eigenvalue weighted by Gasteiger charge is -2.22. The SMILES string of the molecule is COc1ccc(CCC2(C)OCCO2)cc1C. The van der Waals surface area contributed by atoms with E-state index in [4.69, 9.17) is 14.2 Å². The predicted molar refractivity (Wildman–Crippen MR) is 66.4 cm³/mol. The molecule has 1 aliphatic heterocycles. The molecule has 3 heteroatoms. The number of hydrogen-bond donors (Lipinski definition) is 0. The Bertz CT molecular complexity index is 381. The maximum Gasteiger partial charge on any atom is 0.166 e. The lowest BCUT2D eigenvalue weighted by molar-refractivity contribution is -0.146. The van der Waals surface area contributed by atoms with Crippen molar-refractivity contribution >= 4 is 0 Å². The summed E-state index contributed by atoms with van der Waals surface area (Å²) in [4.78, 5) is 0. The van der Waals surface area contributed by atoms with Gasteiger partial charge in [-0.05, 0) is 37.5 Å². The minimum absolute atomic E-state index is 0.395. The number of ether oxygens (including phenoxy) is 3. The molecule has 0 saturated carbocycles. The van der Waals surface area contributed by atoms with E-state index in [2.05, 4.69) is 19.1 Å². The smallest absolute Gasteiger partial charge is 0.166 e. The Labute approximate surface area is 103 Å². The topological polar surface area (TPSA) is 27.7 Å². The number of rotatable bonds is 4. The highest BCUT2D eigenvalue weighted by Gasteiger charge is 2.30. The molecule has 0 aliphatic carbocycles. The van der Waals surface area contributed by atoms with Gasteiger partial charge in [-0.25, -0.2) is 0 Å². The Morgan fingerprint density at radius 3 is 2.59 bits per heavy atom. The lowest BCUT2D eigenvalue weighted by atomic mass is 10.0. The van der Waals surface area contributed by atoms with Crippen LogP contribution in [0.2, 0.25) is 0 Å². The molecule has 0 bridgehead atoms. The van der Waals surface area contributed by atoms with Crippen molar-refractivity contribution < 1.29 is 14.2 Å².